The first-order valence-corrected chi connectivity index (χ1v) is 9.84. The number of carbonyl (C=O) groups excluding carboxylic acids is 2. The number of phenolic OH excluding ortho intramolecular Hbond substituents is 1. The van der Waals surface area contributed by atoms with Gasteiger partial charge in [0.05, 0.1) is 25.5 Å². The topological polar surface area (TPSA) is 130 Å². The molecule has 1 aromatic rings. The molecule has 3 rings (SSSR count). The van der Waals surface area contributed by atoms with Crippen LogP contribution in [-0.4, -0.2) is 100 Å². The molecule has 3 amide bonds. The Balaban J connectivity index is 1.88. The number of imide groups is 1. The normalized spacial score (nSPS) is 20.1. The van der Waals surface area contributed by atoms with E-state index in [9.17, 15) is 19.8 Å². The number of aliphatic hydroxyl groups is 1. The maximum Gasteiger partial charge on any atom is 0.414 e. The van der Waals surface area contributed by atoms with Crippen molar-refractivity contribution in [1.82, 2.24) is 15.2 Å². The first kappa shape index (κ1) is 22.4. The molecule has 1 aromatic carbocycles. The summed E-state index contributed by atoms with van der Waals surface area (Å²) in [6.45, 7) is 3.82. The summed E-state index contributed by atoms with van der Waals surface area (Å²) >= 11 is 0. The van der Waals surface area contributed by atoms with Gasteiger partial charge in [-0.2, -0.15) is 5.43 Å². The summed E-state index contributed by atoms with van der Waals surface area (Å²) in [4.78, 5) is 31.8. The molecule has 2 aliphatic heterocycles. The van der Waals surface area contributed by atoms with E-state index in [1.54, 1.807) is 22.8 Å². The number of hydrazone groups is 1. The number of amidine groups is 1. The maximum absolute atomic E-state index is 12.8. The number of aliphatic imine (C=N–C) groups is 1. The number of ether oxygens (including phenoxy) is 1. The smallest absolute Gasteiger partial charge is 0.414 e. The number of benzene rings is 1. The zero-order valence-electron chi connectivity index (χ0n) is 17.9. The number of nitrogens with zero attached hydrogens (tertiary/aromatic N) is 5. The summed E-state index contributed by atoms with van der Waals surface area (Å²) < 4.78 is 7.01. The van der Waals surface area contributed by atoms with Crippen LogP contribution in [0, 0.1) is 0 Å². The Morgan fingerprint density at radius 2 is 2.00 bits per heavy atom. The lowest BCUT2D eigenvalue weighted by Gasteiger charge is -2.32. The third-order valence-corrected chi connectivity index (χ3v) is 4.87. The quantitative estimate of drug-likeness (QED) is 0.311. The number of hydrogen-bond donors (Lipinski definition) is 3. The van der Waals surface area contributed by atoms with Crippen LogP contribution in [0.5, 0.6) is 5.75 Å². The molecule has 0 aliphatic carbocycles. The van der Waals surface area contributed by atoms with Crippen LogP contribution in [0.25, 0.3) is 0 Å². The molecular formula is C20H27N6O5+. The molecule has 0 bridgehead atoms. The molecule has 11 nitrogen and oxygen atoms in total. The van der Waals surface area contributed by atoms with Gasteiger partial charge in [0.15, 0.2) is 0 Å². The number of aliphatic hydroxyl groups excluding tert-OH is 1. The fourth-order valence-corrected chi connectivity index (χ4v) is 3.22. The van der Waals surface area contributed by atoms with Crippen molar-refractivity contribution in [1.29, 1.82) is 0 Å². The van der Waals surface area contributed by atoms with Crippen molar-refractivity contribution in [2.75, 3.05) is 27.2 Å². The van der Waals surface area contributed by atoms with Gasteiger partial charge in [-0.3, -0.25) is 14.6 Å². The third-order valence-electron chi connectivity index (χ3n) is 4.87. The zero-order valence-corrected chi connectivity index (χ0v) is 17.9. The Morgan fingerprint density at radius 1 is 1.29 bits per heavy atom. The SMILES string of the molecule is CC(C)OCC(O)C[N+]1=C(N/N=C/c2ccccc2O)N=C2C1C(=O)N(C)C(=O)N2C. The van der Waals surface area contributed by atoms with E-state index in [0.717, 1.165) is 4.90 Å². The molecule has 2 atom stereocenters. The molecule has 31 heavy (non-hydrogen) atoms. The number of nitrogens with one attached hydrogen (secondary N) is 1. The fourth-order valence-electron chi connectivity index (χ4n) is 3.22. The van der Waals surface area contributed by atoms with Gasteiger partial charge >= 0.3 is 12.0 Å². The number of phenols is 1. The van der Waals surface area contributed by atoms with Crippen LogP contribution in [0.4, 0.5) is 4.79 Å². The number of carbonyl (C=O) groups is 2. The van der Waals surface area contributed by atoms with E-state index >= 15 is 0 Å². The van der Waals surface area contributed by atoms with Crippen LogP contribution in [-0.2, 0) is 9.53 Å². The zero-order chi connectivity index (χ0) is 22.7. The van der Waals surface area contributed by atoms with Gasteiger partial charge in [-0.05, 0) is 26.0 Å². The van der Waals surface area contributed by atoms with Gasteiger partial charge < -0.3 is 14.9 Å². The van der Waals surface area contributed by atoms with Gasteiger partial charge in [-0.25, -0.2) is 9.37 Å². The molecule has 2 heterocycles. The molecule has 0 saturated carbocycles. The molecule has 0 spiro atoms. The minimum Gasteiger partial charge on any atom is -0.507 e. The van der Waals surface area contributed by atoms with E-state index in [-0.39, 0.29) is 36.8 Å². The van der Waals surface area contributed by atoms with Crippen molar-refractivity contribution >= 4 is 29.9 Å². The lowest BCUT2D eigenvalue weighted by atomic mass is 10.1. The molecule has 0 radical (unpaired) electrons. The molecule has 11 heteroatoms. The van der Waals surface area contributed by atoms with Gasteiger partial charge in [0.25, 0.3) is 5.91 Å². The molecule has 1 saturated heterocycles. The highest BCUT2D eigenvalue weighted by molar-refractivity contribution is 6.22. The van der Waals surface area contributed by atoms with Crippen LogP contribution in [0.2, 0.25) is 0 Å². The number of guanidine groups is 1. The van der Waals surface area contributed by atoms with E-state index in [0.29, 0.717) is 5.56 Å². The highest BCUT2D eigenvalue weighted by Gasteiger charge is 2.51. The number of para-hydroxylation sites is 1. The first-order chi connectivity index (χ1) is 14.7. The van der Waals surface area contributed by atoms with Crippen LogP contribution in [0.15, 0.2) is 34.4 Å². The van der Waals surface area contributed by atoms with Crippen molar-refractivity contribution in [3.63, 3.8) is 0 Å². The highest BCUT2D eigenvalue weighted by atomic mass is 16.5. The molecule has 1 fully saturated rings. The molecule has 0 aromatic heterocycles. The summed E-state index contributed by atoms with van der Waals surface area (Å²) in [5, 5.41) is 24.4. The predicted molar refractivity (Wildman–Crippen MR) is 113 cm³/mol. The summed E-state index contributed by atoms with van der Waals surface area (Å²) in [6.07, 6.45) is 0.442. The molecule has 166 valence electrons. The van der Waals surface area contributed by atoms with Crippen LogP contribution < -0.4 is 5.43 Å². The number of likely N-dealkylation sites (N-methyl/N-ethyl adjacent to an activating group) is 2. The second-order valence-corrected chi connectivity index (χ2v) is 7.55. The average molecular weight is 431 g/mol. The van der Waals surface area contributed by atoms with Crippen molar-refractivity contribution < 1.29 is 29.1 Å². The Kier molecular flexibility index (Phi) is 6.66. The van der Waals surface area contributed by atoms with Crippen LogP contribution in [0.3, 0.4) is 0 Å². The van der Waals surface area contributed by atoms with Gasteiger partial charge in [-0.15, -0.1) is 5.10 Å². The largest absolute Gasteiger partial charge is 0.507 e. The highest BCUT2D eigenvalue weighted by Crippen LogP contribution is 2.19. The third kappa shape index (κ3) is 4.72. The average Bonchev–Trinajstić information content (AvgIpc) is 3.09. The molecule has 3 N–H and O–H groups in total. The minimum atomic E-state index is -0.906. The molecule has 2 aliphatic rings. The van der Waals surface area contributed by atoms with Crippen molar-refractivity contribution in [3.05, 3.63) is 29.8 Å². The second kappa shape index (κ2) is 9.23. The monoisotopic (exact) mass is 431 g/mol. The number of amides is 3. The van der Waals surface area contributed by atoms with E-state index in [1.165, 1.54) is 31.3 Å². The molecular weight excluding hydrogens is 404 g/mol. The van der Waals surface area contributed by atoms with Gasteiger partial charge in [0, 0.05) is 19.7 Å². The Bertz CT molecular complexity index is 957. The summed E-state index contributed by atoms with van der Waals surface area (Å²) in [5.74, 6) is 0.0360. The fraction of sp³-hybridized carbons (Fsp3) is 0.450. The van der Waals surface area contributed by atoms with Crippen molar-refractivity contribution in [3.8, 4) is 5.75 Å². The summed E-state index contributed by atoms with van der Waals surface area (Å²) in [7, 11) is 2.93. The lowest BCUT2D eigenvalue weighted by Crippen LogP contribution is -2.62. The first-order valence-electron chi connectivity index (χ1n) is 9.84. The van der Waals surface area contributed by atoms with E-state index in [4.69, 9.17) is 4.74 Å². The summed E-state index contributed by atoms with van der Waals surface area (Å²) in [5.41, 5.74) is 3.24. The standard InChI is InChI=1S/C20H26N6O5/c1-12(2)31-11-14(27)10-26-16-17(24(3)20(30)25(4)18(16)29)22-19(26)23-21-9-13-7-5-6-8-15(13)28/h5-9,12,14,16,27H,10-11H2,1-4H3,(H,21,28)/p+1. The van der Waals surface area contributed by atoms with Crippen molar-refractivity contribution in [2.24, 2.45) is 10.1 Å². The summed E-state index contributed by atoms with van der Waals surface area (Å²) in [6, 6.07) is 5.28. The molecule has 2 unspecified atom stereocenters. The Morgan fingerprint density at radius 3 is 2.68 bits per heavy atom. The van der Waals surface area contributed by atoms with Crippen molar-refractivity contribution in [2.45, 2.75) is 32.1 Å². The van der Waals surface area contributed by atoms with Crippen LogP contribution >= 0.6 is 0 Å². The second-order valence-electron chi connectivity index (χ2n) is 7.55. The van der Waals surface area contributed by atoms with Gasteiger partial charge in [-0.1, -0.05) is 17.1 Å². The van der Waals surface area contributed by atoms with Gasteiger partial charge in [0.2, 0.25) is 11.9 Å². The number of β-amino-alcohol motifs (C(OH)–C–C–N with tert-alkyl or cyclic N) is 1. The number of rotatable bonds is 7. The minimum absolute atomic E-state index is 0.0282. The number of hydrogen-bond acceptors (Lipinski definition) is 8. The van der Waals surface area contributed by atoms with Crippen LogP contribution in [0.1, 0.15) is 19.4 Å². The maximum atomic E-state index is 12.8. The number of fused-ring (bicyclic) bond motifs is 1. The Labute approximate surface area is 179 Å². The van der Waals surface area contributed by atoms with Gasteiger partial charge in [0.1, 0.15) is 11.9 Å². The van der Waals surface area contributed by atoms with E-state index < -0.39 is 24.1 Å². The predicted octanol–water partition coefficient (Wildman–Crippen LogP) is -0.225. The Hall–Kier alpha value is -3.31. The van der Waals surface area contributed by atoms with E-state index in [2.05, 4.69) is 15.5 Å². The van der Waals surface area contributed by atoms with E-state index in [1.807, 2.05) is 13.8 Å². The lowest BCUT2D eigenvalue weighted by molar-refractivity contribution is -0.546. The number of urea groups is 1. The number of aromatic hydroxyl groups is 1.